The highest BCUT2D eigenvalue weighted by molar-refractivity contribution is 7.88. The SMILES string of the molecule is CC1CCC(CNCCCNS(C)(=O)=O)CC1. The largest absolute Gasteiger partial charge is 0.316 e. The van der Waals surface area contributed by atoms with Gasteiger partial charge in [0.2, 0.25) is 10.0 Å². The molecule has 0 bridgehead atoms. The average Bonchev–Trinajstić information content (AvgIpc) is 2.24. The molecular formula is C12H26N2O2S. The minimum Gasteiger partial charge on any atom is -0.316 e. The van der Waals surface area contributed by atoms with Crippen LogP contribution in [0.4, 0.5) is 0 Å². The molecule has 0 aliphatic heterocycles. The minimum atomic E-state index is -3.02. The molecule has 1 aliphatic carbocycles. The van der Waals surface area contributed by atoms with E-state index in [1.54, 1.807) is 0 Å². The van der Waals surface area contributed by atoms with E-state index in [9.17, 15) is 8.42 Å². The molecule has 1 fully saturated rings. The van der Waals surface area contributed by atoms with Gasteiger partial charge < -0.3 is 5.32 Å². The van der Waals surface area contributed by atoms with E-state index in [4.69, 9.17) is 0 Å². The Balaban J connectivity index is 1.94. The summed E-state index contributed by atoms with van der Waals surface area (Å²) in [5, 5.41) is 3.42. The second kappa shape index (κ2) is 7.34. The number of sulfonamides is 1. The summed E-state index contributed by atoms with van der Waals surface area (Å²) in [6.07, 6.45) is 7.47. The van der Waals surface area contributed by atoms with E-state index >= 15 is 0 Å². The van der Waals surface area contributed by atoms with Crippen molar-refractivity contribution >= 4 is 10.0 Å². The highest BCUT2D eigenvalue weighted by atomic mass is 32.2. The Morgan fingerprint density at radius 2 is 1.76 bits per heavy atom. The summed E-state index contributed by atoms with van der Waals surface area (Å²) in [6.45, 7) is 4.86. The van der Waals surface area contributed by atoms with Crippen molar-refractivity contribution in [2.75, 3.05) is 25.9 Å². The van der Waals surface area contributed by atoms with Crippen molar-refractivity contribution in [3.05, 3.63) is 0 Å². The summed E-state index contributed by atoms with van der Waals surface area (Å²) in [7, 11) is -3.02. The lowest BCUT2D eigenvalue weighted by Crippen LogP contribution is -2.29. The van der Waals surface area contributed by atoms with Crippen LogP contribution in [0.25, 0.3) is 0 Å². The van der Waals surface area contributed by atoms with E-state index < -0.39 is 10.0 Å². The maximum absolute atomic E-state index is 10.8. The van der Waals surface area contributed by atoms with Crippen LogP contribution in [0.2, 0.25) is 0 Å². The highest BCUT2D eigenvalue weighted by Crippen LogP contribution is 2.27. The molecule has 0 heterocycles. The van der Waals surface area contributed by atoms with Crippen molar-refractivity contribution < 1.29 is 8.42 Å². The summed E-state index contributed by atoms with van der Waals surface area (Å²) in [6, 6.07) is 0. The fraction of sp³-hybridized carbons (Fsp3) is 1.00. The minimum absolute atomic E-state index is 0.535. The normalized spacial score (nSPS) is 26.0. The van der Waals surface area contributed by atoms with Crippen LogP contribution in [0.3, 0.4) is 0 Å². The summed E-state index contributed by atoms with van der Waals surface area (Å²) < 4.78 is 24.1. The third-order valence-corrected chi connectivity index (χ3v) is 4.19. The molecule has 0 aromatic heterocycles. The van der Waals surface area contributed by atoms with Gasteiger partial charge in [0.1, 0.15) is 0 Å². The maximum Gasteiger partial charge on any atom is 0.208 e. The first kappa shape index (κ1) is 14.9. The summed E-state index contributed by atoms with van der Waals surface area (Å²) in [4.78, 5) is 0. The summed E-state index contributed by atoms with van der Waals surface area (Å²) in [5.41, 5.74) is 0. The van der Waals surface area contributed by atoms with Gasteiger partial charge in [0.15, 0.2) is 0 Å². The van der Waals surface area contributed by atoms with Crippen LogP contribution in [0, 0.1) is 11.8 Å². The quantitative estimate of drug-likeness (QED) is 0.681. The zero-order valence-corrected chi connectivity index (χ0v) is 11.9. The Kier molecular flexibility index (Phi) is 6.44. The Bertz CT molecular complexity index is 296. The molecular weight excluding hydrogens is 236 g/mol. The van der Waals surface area contributed by atoms with Gasteiger partial charge in [0.25, 0.3) is 0 Å². The highest BCUT2D eigenvalue weighted by Gasteiger charge is 2.17. The first-order chi connectivity index (χ1) is 7.97. The average molecular weight is 262 g/mol. The van der Waals surface area contributed by atoms with Gasteiger partial charge in [-0.3, -0.25) is 0 Å². The molecule has 17 heavy (non-hydrogen) atoms. The molecule has 5 heteroatoms. The molecule has 102 valence electrons. The number of hydrogen-bond donors (Lipinski definition) is 2. The van der Waals surface area contributed by atoms with Gasteiger partial charge >= 0.3 is 0 Å². The lowest BCUT2D eigenvalue weighted by atomic mass is 9.83. The molecule has 4 nitrogen and oxygen atoms in total. The molecule has 0 spiro atoms. The molecule has 0 amide bonds. The van der Waals surface area contributed by atoms with Crippen LogP contribution in [0.15, 0.2) is 0 Å². The first-order valence-corrected chi connectivity index (χ1v) is 8.52. The zero-order chi connectivity index (χ0) is 12.7. The number of rotatable bonds is 7. The van der Waals surface area contributed by atoms with Gasteiger partial charge in [-0.05, 0) is 44.2 Å². The lowest BCUT2D eigenvalue weighted by Gasteiger charge is -2.26. The fourth-order valence-corrected chi connectivity index (χ4v) is 2.83. The molecule has 0 saturated heterocycles. The Labute approximate surface area is 106 Å². The number of hydrogen-bond acceptors (Lipinski definition) is 3. The van der Waals surface area contributed by atoms with Crippen molar-refractivity contribution in [3.8, 4) is 0 Å². The molecule has 0 aromatic carbocycles. The van der Waals surface area contributed by atoms with Crippen LogP contribution >= 0.6 is 0 Å². The van der Waals surface area contributed by atoms with Gasteiger partial charge in [-0.25, -0.2) is 13.1 Å². The molecule has 1 aliphatic rings. The lowest BCUT2D eigenvalue weighted by molar-refractivity contribution is 0.282. The third-order valence-electron chi connectivity index (χ3n) is 3.46. The molecule has 1 rings (SSSR count). The van der Waals surface area contributed by atoms with Gasteiger partial charge in [-0.15, -0.1) is 0 Å². The number of nitrogens with one attached hydrogen (secondary N) is 2. The van der Waals surface area contributed by atoms with Crippen LogP contribution < -0.4 is 10.0 Å². The molecule has 1 saturated carbocycles. The van der Waals surface area contributed by atoms with E-state index in [0.29, 0.717) is 6.54 Å². The van der Waals surface area contributed by atoms with Crippen molar-refractivity contribution in [1.29, 1.82) is 0 Å². The molecule has 0 aromatic rings. The summed E-state index contributed by atoms with van der Waals surface area (Å²) >= 11 is 0. The van der Waals surface area contributed by atoms with Gasteiger partial charge in [-0.1, -0.05) is 19.8 Å². The topological polar surface area (TPSA) is 58.2 Å². The Morgan fingerprint density at radius 1 is 1.12 bits per heavy atom. The maximum atomic E-state index is 10.8. The van der Waals surface area contributed by atoms with Crippen molar-refractivity contribution in [2.24, 2.45) is 11.8 Å². The smallest absolute Gasteiger partial charge is 0.208 e. The predicted octanol–water partition coefficient (Wildman–Crippen LogP) is 1.34. The third kappa shape index (κ3) is 7.73. The van der Waals surface area contributed by atoms with Crippen LogP contribution in [0.1, 0.15) is 39.0 Å². The zero-order valence-electron chi connectivity index (χ0n) is 11.0. The second-order valence-corrected chi connectivity index (χ2v) is 7.18. The van der Waals surface area contributed by atoms with Crippen LogP contribution in [-0.2, 0) is 10.0 Å². The van der Waals surface area contributed by atoms with Crippen LogP contribution in [-0.4, -0.2) is 34.3 Å². The van der Waals surface area contributed by atoms with Gasteiger partial charge in [-0.2, -0.15) is 0 Å². The summed E-state index contributed by atoms with van der Waals surface area (Å²) in [5.74, 6) is 1.74. The Morgan fingerprint density at radius 3 is 2.35 bits per heavy atom. The van der Waals surface area contributed by atoms with E-state index in [0.717, 1.165) is 31.3 Å². The molecule has 0 unspecified atom stereocenters. The molecule has 0 radical (unpaired) electrons. The second-order valence-electron chi connectivity index (χ2n) is 5.35. The van der Waals surface area contributed by atoms with E-state index in [1.807, 2.05) is 0 Å². The molecule has 2 N–H and O–H groups in total. The monoisotopic (exact) mass is 262 g/mol. The van der Waals surface area contributed by atoms with Gasteiger partial charge in [0, 0.05) is 6.54 Å². The van der Waals surface area contributed by atoms with E-state index in [1.165, 1.54) is 31.9 Å². The van der Waals surface area contributed by atoms with Crippen molar-refractivity contribution in [1.82, 2.24) is 10.0 Å². The van der Waals surface area contributed by atoms with E-state index in [2.05, 4.69) is 17.0 Å². The first-order valence-electron chi connectivity index (χ1n) is 6.62. The van der Waals surface area contributed by atoms with Crippen molar-refractivity contribution in [3.63, 3.8) is 0 Å². The predicted molar refractivity (Wildman–Crippen MR) is 71.5 cm³/mol. The standard InChI is InChI=1S/C12H26N2O2S/c1-11-4-6-12(7-5-11)10-13-8-3-9-14-17(2,15)16/h11-14H,3-10H2,1-2H3. The van der Waals surface area contributed by atoms with E-state index in [-0.39, 0.29) is 0 Å². The van der Waals surface area contributed by atoms with Crippen LogP contribution in [0.5, 0.6) is 0 Å². The fourth-order valence-electron chi connectivity index (χ4n) is 2.31. The Hall–Kier alpha value is -0.130. The van der Waals surface area contributed by atoms with Gasteiger partial charge in [0.05, 0.1) is 6.26 Å². The van der Waals surface area contributed by atoms with Crippen molar-refractivity contribution in [2.45, 2.75) is 39.0 Å². The molecule has 0 atom stereocenters.